The van der Waals surface area contributed by atoms with Gasteiger partial charge in [0, 0.05) is 12.0 Å². The summed E-state index contributed by atoms with van der Waals surface area (Å²) in [5.41, 5.74) is 2.33. The fourth-order valence-electron chi connectivity index (χ4n) is 4.11. The quantitative estimate of drug-likeness (QED) is 0.739. The Bertz CT molecular complexity index is 992. The van der Waals surface area contributed by atoms with Gasteiger partial charge in [-0.15, -0.1) is 0 Å². The molecular formula is C24H22O3. The molecule has 27 heavy (non-hydrogen) atoms. The minimum Gasteiger partial charge on any atom is -0.508 e. The topological polar surface area (TPSA) is 46.5 Å². The van der Waals surface area contributed by atoms with Crippen molar-refractivity contribution in [1.82, 2.24) is 0 Å². The van der Waals surface area contributed by atoms with Crippen LogP contribution in [-0.2, 0) is 16.6 Å². The maximum Gasteiger partial charge on any atom is 0.156 e. The van der Waals surface area contributed by atoms with Crippen molar-refractivity contribution in [2.24, 2.45) is 0 Å². The Kier molecular flexibility index (Phi) is 4.23. The Hall–Kier alpha value is -3.07. The molecule has 0 saturated carbocycles. The van der Waals surface area contributed by atoms with Gasteiger partial charge >= 0.3 is 0 Å². The number of phenols is 1. The molecule has 0 amide bonds. The molecule has 0 fully saturated rings. The van der Waals surface area contributed by atoms with Crippen LogP contribution in [0.25, 0.3) is 0 Å². The number of fused-ring (bicyclic) bond motifs is 1. The molecule has 0 saturated heterocycles. The zero-order chi connectivity index (χ0) is 19.0. The van der Waals surface area contributed by atoms with Gasteiger partial charge in [-0.1, -0.05) is 54.6 Å². The highest BCUT2D eigenvalue weighted by Crippen LogP contribution is 2.50. The van der Waals surface area contributed by atoms with Gasteiger partial charge in [-0.05, 0) is 48.7 Å². The summed E-state index contributed by atoms with van der Waals surface area (Å²) in [7, 11) is 0. The zero-order valence-corrected chi connectivity index (χ0v) is 15.5. The SMILES string of the molecule is CC(C)Oc1ccc(O)c(C2(c3ccccc3)C(=O)Cc3ccccc32)c1. The molecule has 0 bridgehead atoms. The fraction of sp³-hybridized carbons (Fsp3) is 0.208. The lowest BCUT2D eigenvalue weighted by atomic mass is 9.69. The number of carbonyl (C=O) groups is 1. The van der Waals surface area contributed by atoms with E-state index in [-0.39, 0.29) is 17.6 Å². The highest BCUT2D eigenvalue weighted by Gasteiger charge is 2.50. The third-order valence-corrected chi connectivity index (χ3v) is 5.14. The molecule has 1 aliphatic carbocycles. The largest absolute Gasteiger partial charge is 0.508 e. The monoisotopic (exact) mass is 358 g/mol. The second kappa shape index (κ2) is 6.58. The van der Waals surface area contributed by atoms with Crippen LogP contribution in [0.2, 0.25) is 0 Å². The Morgan fingerprint density at radius 1 is 0.926 bits per heavy atom. The van der Waals surface area contributed by atoms with E-state index in [0.717, 1.165) is 16.7 Å². The predicted molar refractivity (Wildman–Crippen MR) is 105 cm³/mol. The van der Waals surface area contributed by atoms with Crippen molar-refractivity contribution < 1.29 is 14.6 Å². The van der Waals surface area contributed by atoms with E-state index in [1.807, 2.05) is 74.5 Å². The Balaban J connectivity index is 2.04. The van der Waals surface area contributed by atoms with E-state index in [9.17, 15) is 9.90 Å². The first-order chi connectivity index (χ1) is 13.0. The average Bonchev–Trinajstić information content (AvgIpc) is 2.96. The summed E-state index contributed by atoms with van der Waals surface area (Å²) >= 11 is 0. The van der Waals surface area contributed by atoms with Crippen LogP contribution in [0.4, 0.5) is 0 Å². The molecule has 3 aromatic rings. The lowest BCUT2D eigenvalue weighted by Gasteiger charge is -2.31. The second-order valence-electron chi connectivity index (χ2n) is 7.22. The minimum atomic E-state index is -1.03. The van der Waals surface area contributed by atoms with Crippen LogP contribution in [0.15, 0.2) is 72.8 Å². The van der Waals surface area contributed by atoms with Crippen molar-refractivity contribution in [2.45, 2.75) is 31.8 Å². The van der Waals surface area contributed by atoms with Gasteiger partial charge in [0.2, 0.25) is 0 Å². The fourth-order valence-corrected chi connectivity index (χ4v) is 4.11. The van der Waals surface area contributed by atoms with Gasteiger partial charge in [0.15, 0.2) is 5.78 Å². The maximum absolute atomic E-state index is 13.5. The molecule has 1 aliphatic rings. The molecule has 136 valence electrons. The van der Waals surface area contributed by atoms with E-state index in [0.29, 0.717) is 17.7 Å². The number of aromatic hydroxyl groups is 1. The van der Waals surface area contributed by atoms with E-state index >= 15 is 0 Å². The molecule has 3 nitrogen and oxygen atoms in total. The highest BCUT2D eigenvalue weighted by molar-refractivity contribution is 6.03. The first kappa shape index (κ1) is 17.3. The molecule has 4 rings (SSSR count). The summed E-state index contributed by atoms with van der Waals surface area (Å²) in [6.07, 6.45) is 0.349. The Morgan fingerprint density at radius 2 is 1.63 bits per heavy atom. The predicted octanol–water partition coefficient (Wildman–Crippen LogP) is 4.64. The van der Waals surface area contributed by atoms with Crippen LogP contribution in [-0.4, -0.2) is 17.0 Å². The Labute approximate surface area is 159 Å². The molecule has 3 heteroatoms. The third-order valence-electron chi connectivity index (χ3n) is 5.14. The zero-order valence-electron chi connectivity index (χ0n) is 15.5. The summed E-state index contributed by atoms with van der Waals surface area (Å²) in [5, 5.41) is 10.8. The average molecular weight is 358 g/mol. The number of ketones is 1. The lowest BCUT2D eigenvalue weighted by Crippen LogP contribution is -2.35. The third kappa shape index (κ3) is 2.71. The number of rotatable bonds is 4. The molecule has 0 radical (unpaired) electrons. The van der Waals surface area contributed by atoms with Crippen molar-refractivity contribution in [3.8, 4) is 11.5 Å². The summed E-state index contributed by atoms with van der Waals surface area (Å²) in [4.78, 5) is 13.5. The van der Waals surface area contributed by atoms with E-state index in [1.54, 1.807) is 12.1 Å². The van der Waals surface area contributed by atoms with Crippen LogP contribution >= 0.6 is 0 Å². The van der Waals surface area contributed by atoms with Crippen LogP contribution in [0.3, 0.4) is 0 Å². The summed E-state index contributed by atoms with van der Waals surface area (Å²) in [5.74, 6) is 0.803. The van der Waals surface area contributed by atoms with Crippen LogP contribution < -0.4 is 4.74 Å². The molecule has 0 aromatic heterocycles. The molecule has 3 aromatic carbocycles. The van der Waals surface area contributed by atoms with Gasteiger partial charge in [-0.3, -0.25) is 4.79 Å². The van der Waals surface area contributed by atoms with E-state index in [2.05, 4.69) is 0 Å². The second-order valence-corrected chi connectivity index (χ2v) is 7.22. The molecule has 1 unspecified atom stereocenters. The lowest BCUT2D eigenvalue weighted by molar-refractivity contribution is -0.120. The summed E-state index contributed by atoms with van der Waals surface area (Å²) < 4.78 is 5.85. The number of Topliss-reactive ketones (excluding diaryl/α,β-unsaturated/α-hetero) is 1. The van der Waals surface area contributed by atoms with E-state index in [1.165, 1.54) is 0 Å². The summed E-state index contributed by atoms with van der Waals surface area (Å²) in [6.45, 7) is 3.91. The first-order valence-corrected chi connectivity index (χ1v) is 9.21. The molecule has 1 N–H and O–H groups in total. The number of carbonyl (C=O) groups excluding carboxylic acids is 1. The van der Waals surface area contributed by atoms with Crippen molar-refractivity contribution in [1.29, 1.82) is 0 Å². The van der Waals surface area contributed by atoms with Gasteiger partial charge in [0.25, 0.3) is 0 Å². The van der Waals surface area contributed by atoms with Crippen LogP contribution in [0.5, 0.6) is 11.5 Å². The smallest absolute Gasteiger partial charge is 0.156 e. The molecular weight excluding hydrogens is 336 g/mol. The van der Waals surface area contributed by atoms with Crippen molar-refractivity contribution in [3.63, 3.8) is 0 Å². The number of hydrogen-bond acceptors (Lipinski definition) is 3. The number of benzene rings is 3. The van der Waals surface area contributed by atoms with Crippen LogP contribution in [0.1, 0.15) is 36.1 Å². The maximum atomic E-state index is 13.5. The number of hydrogen-bond donors (Lipinski definition) is 1. The number of ether oxygens (including phenoxy) is 1. The molecule has 0 heterocycles. The normalized spacial score (nSPS) is 18.6. The van der Waals surface area contributed by atoms with E-state index in [4.69, 9.17) is 4.74 Å². The van der Waals surface area contributed by atoms with Crippen LogP contribution in [0, 0.1) is 0 Å². The Morgan fingerprint density at radius 3 is 2.37 bits per heavy atom. The molecule has 0 spiro atoms. The highest BCUT2D eigenvalue weighted by atomic mass is 16.5. The first-order valence-electron chi connectivity index (χ1n) is 9.21. The van der Waals surface area contributed by atoms with Crippen molar-refractivity contribution >= 4 is 5.78 Å². The molecule has 0 aliphatic heterocycles. The summed E-state index contributed by atoms with van der Waals surface area (Å²) in [6, 6.07) is 22.7. The van der Waals surface area contributed by atoms with Gasteiger partial charge in [-0.25, -0.2) is 0 Å². The standard InChI is InChI=1S/C24H22O3/c1-16(2)27-19-12-13-22(25)21(15-19)24(18-9-4-3-5-10-18)20-11-7-6-8-17(20)14-23(24)26/h3-13,15-16,25H,14H2,1-2H3. The van der Waals surface area contributed by atoms with Crippen molar-refractivity contribution in [2.75, 3.05) is 0 Å². The van der Waals surface area contributed by atoms with Gasteiger partial charge in [0.05, 0.1) is 6.10 Å². The van der Waals surface area contributed by atoms with Gasteiger partial charge in [0.1, 0.15) is 16.9 Å². The van der Waals surface area contributed by atoms with Gasteiger partial charge in [-0.2, -0.15) is 0 Å². The van der Waals surface area contributed by atoms with Gasteiger partial charge < -0.3 is 9.84 Å². The van der Waals surface area contributed by atoms with Crippen molar-refractivity contribution in [3.05, 3.63) is 95.1 Å². The van der Waals surface area contributed by atoms with E-state index < -0.39 is 5.41 Å². The minimum absolute atomic E-state index is 0.00151. The number of phenolic OH excluding ortho intramolecular Hbond substituents is 1. The molecule has 1 atom stereocenters.